The summed E-state index contributed by atoms with van der Waals surface area (Å²) < 4.78 is 5.46. The molecule has 0 aliphatic heterocycles. The van der Waals surface area contributed by atoms with Crippen molar-refractivity contribution in [1.82, 2.24) is 10.3 Å². The number of ether oxygens (including phenoxy) is 1. The lowest BCUT2D eigenvalue weighted by molar-refractivity contribution is 0.418. The molecule has 1 aromatic carbocycles. The smallest absolute Gasteiger partial charge is 0.143 e. The van der Waals surface area contributed by atoms with Crippen LogP contribution in [0.5, 0.6) is 5.75 Å². The Hall–Kier alpha value is -1.48. The minimum Gasteiger partial charge on any atom is -0.495 e. The maximum absolute atomic E-state index is 5.46. The Kier molecular flexibility index (Phi) is 2.78. The van der Waals surface area contributed by atoms with Crippen LogP contribution in [0.15, 0.2) is 12.1 Å². The van der Waals surface area contributed by atoms with Crippen LogP contribution in [-0.2, 0) is 6.54 Å². The molecule has 1 heterocycles. The van der Waals surface area contributed by atoms with E-state index >= 15 is 0 Å². The molecule has 2 N–H and O–H groups in total. The van der Waals surface area contributed by atoms with E-state index in [9.17, 15) is 0 Å². The van der Waals surface area contributed by atoms with E-state index in [4.69, 9.17) is 4.74 Å². The predicted molar refractivity (Wildman–Crippen MR) is 74.2 cm³/mol. The average Bonchev–Trinajstić information content (AvgIpc) is 3.13. The first-order chi connectivity index (χ1) is 8.69. The van der Waals surface area contributed by atoms with E-state index in [-0.39, 0.29) is 0 Å². The topological polar surface area (TPSA) is 37.0 Å². The number of nitrogens with one attached hydrogen (secondary N) is 2. The number of aromatic nitrogens is 1. The zero-order chi connectivity index (χ0) is 12.7. The van der Waals surface area contributed by atoms with E-state index in [1.54, 1.807) is 7.11 Å². The van der Waals surface area contributed by atoms with Gasteiger partial charge in [0, 0.05) is 23.7 Å². The van der Waals surface area contributed by atoms with Crippen LogP contribution in [0.1, 0.15) is 29.7 Å². The van der Waals surface area contributed by atoms with Gasteiger partial charge in [-0.15, -0.1) is 0 Å². The molecule has 1 aliphatic carbocycles. The van der Waals surface area contributed by atoms with Crippen molar-refractivity contribution in [1.29, 1.82) is 0 Å². The number of methoxy groups -OCH3 is 1. The first-order valence-electron chi connectivity index (χ1n) is 6.58. The largest absolute Gasteiger partial charge is 0.495 e. The van der Waals surface area contributed by atoms with E-state index in [0.717, 1.165) is 23.9 Å². The fourth-order valence-electron chi connectivity index (χ4n) is 2.46. The van der Waals surface area contributed by atoms with Crippen molar-refractivity contribution in [3.63, 3.8) is 0 Å². The van der Waals surface area contributed by atoms with E-state index in [0.29, 0.717) is 0 Å². The van der Waals surface area contributed by atoms with Crippen LogP contribution in [0, 0.1) is 13.8 Å². The summed E-state index contributed by atoms with van der Waals surface area (Å²) in [5.41, 5.74) is 4.97. The molecule has 1 saturated carbocycles. The molecule has 0 radical (unpaired) electrons. The number of fused-ring (bicyclic) bond motifs is 1. The molecule has 0 bridgehead atoms. The molecule has 1 aliphatic rings. The first-order valence-corrected chi connectivity index (χ1v) is 6.58. The van der Waals surface area contributed by atoms with Crippen LogP contribution in [0.2, 0.25) is 0 Å². The Bertz CT molecular complexity index is 582. The molecular formula is C15H20N2O. The summed E-state index contributed by atoms with van der Waals surface area (Å²) in [7, 11) is 1.73. The lowest BCUT2D eigenvalue weighted by Gasteiger charge is -2.03. The van der Waals surface area contributed by atoms with Crippen LogP contribution >= 0.6 is 0 Å². The van der Waals surface area contributed by atoms with Gasteiger partial charge in [0.2, 0.25) is 0 Å². The second kappa shape index (κ2) is 4.32. The van der Waals surface area contributed by atoms with Crippen LogP contribution in [0.3, 0.4) is 0 Å². The highest BCUT2D eigenvalue weighted by Gasteiger charge is 2.21. The van der Waals surface area contributed by atoms with Gasteiger partial charge in [-0.25, -0.2) is 0 Å². The standard InChI is InChI=1S/C15H20N2O/c1-9-6-12-10(2)13(8-16-11-4-5-11)17-15(12)14(7-9)18-3/h6-7,11,16-17H,4-5,8H2,1-3H3. The van der Waals surface area contributed by atoms with E-state index in [1.165, 1.54) is 35.0 Å². The Labute approximate surface area is 108 Å². The molecule has 0 saturated heterocycles. The minimum absolute atomic E-state index is 0.736. The highest BCUT2D eigenvalue weighted by atomic mass is 16.5. The molecule has 3 nitrogen and oxygen atoms in total. The SMILES string of the molecule is COc1cc(C)cc2c(C)c(CNC3CC3)[nH]c12. The Morgan fingerprint density at radius 1 is 1.33 bits per heavy atom. The Morgan fingerprint density at radius 2 is 2.11 bits per heavy atom. The zero-order valence-electron chi connectivity index (χ0n) is 11.3. The maximum Gasteiger partial charge on any atom is 0.143 e. The lowest BCUT2D eigenvalue weighted by Crippen LogP contribution is -2.16. The third-order valence-corrected chi connectivity index (χ3v) is 3.74. The fraction of sp³-hybridized carbons (Fsp3) is 0.467. The van der Waals surface area contributed by atoms with Crippen molar-refractivity contribution in [2.75, 3.05) is 7.11 Å². The molecular weight excluding hydrogens is 224 g/mol. The molecule has 0 spiro atoms. The normalized spacial score (nSPS) is 15.3. The minimum atomic E-state index is 0.736. The third-order valence-electron chi connectivity index (χ3n) is 3.74. The van der Waals surface area contributed by atoms with Crippen molar-refractivity contribution in [3.8, 4) is 5.75 Å². The van der Waals surface area contributed by atoms with Gasteiger partial charge in [-0.1, -0.05) is 0 Å². The predicted octanol–water partition coefficient (Wildman–Crippen LogP) is 3.05. The van der Waals surface area contributed by atoms with Gasteiger partial charge in [0.05, 0.1) is 12.6 Å². The van der Waals surface area contributed by atoms with Gasteiger partial charge in [0.15, 0.2) is 0 Å². The first kappa shape index (κ1) is 11.6. The number of aryl methyl sites for hydroxylation is 2. The molecule has 0 atom stereocenters. The second-order valence-corrected chi connectivity index (χ2v) is 5.27. The number of rotatable bonds is 4. The summed E-state index contributed by atoms with van der Waals surface area (Å²) in [6.45, 7) is 5.21. The van der Waals surface area contributed by atoms with E-state index in [1.807, 2.05) is 0 Å². The summed E-state index contributed by atoms with van der Waals surface area (Å²) >= 11 is 0. The maximum atomic E-state index is 5.46. The summed E-state index contributed by atoms with van der Waals surface area (Å²) in [5.74, 6) is 0.936. The van der Waals surface area contributed by atoms with Crippen molar-refractivity contribution in [2.24, 2.45) is 0 Å². The van der Waals surface area contributed by atoms with Gasteiger partial charge in [-0.2, -0.15) is 0 Å². The lowest BCUT2D eigenvalue weighted by atomic mass is 10.1. The third kappa shape index (κ3) is 1.99. The van der Waals surface area contributed by atoms with Crippen molar-refractivity contribution >= 4 is 10.9 Å². The average molecular weight is 244 g/mol. The highest BCUT2D eigenvalue weighted by molar-refractivity contribution is 5.90. The van der Waals surface area contributed by atoms with Crippen LogP contribution in [0.25, 0.3) is 10.9 Å². The van der Waals surface area contributed by atoms with Crippen molar-refractivity contribution in [3.05, 3.63) is 29.0 Å². The van der Waals surface area contributed by atoms with Gasteiger partial charge < -0.3 is 15.0 Å². The fourth-order valence-corrected chi connectivity index (χ4v) is 2.46. The Morgan fingerprint density at radius 3 is 2.78 bits per heavy atom. The Balaban J connectivity index is 2.02. The summed E-state index contributed by atoms with van der Waals surface area (Å²) in [6.07, 6.45) is 2.64. The molecule has 0 unspecified atom stereocenters. The number of hydrogen-bond donors (Lipinski definition) is 2. The van der Waals surface area contributed by atoms with Gasteiger partial charge >= 0.3 is 0 Å². The summed E-state index contributed by atoms with van der Waals surface area (Å²) in [6, 6.07) is 5.04. The van der Waals surface area contributed by atoms with Crippen molar-refractivity contribution < 1.29 is 4.74 Å². The summed E-state index contributed by atoms with van der Waals surface area (Å²) in [5, 5.41) is 4.83. The molecule has 2 aromatic rings. The molecule has 1 aromatic heterocycles. The van der Waals surface area contributed by atoms with E-state index < -0.39 is 0 Å². The molecule has 18 heavy (non-hydrogen) atoms. The zero-order valence-corrected chi connectivity index (χ0v) is 11.3. The highest BCUT2D eigenvalue weighted by Crippen LogP contribution is 2.31. The van der Waals surface area contributed by atoms with Crippen LogP contribution < -0.4 is 10.1 Å². The second-order valence-electron chi connectivity index (χ2n) is 5.27. The number of aromatic amines is 1. The van der Waals surface area contributed by atoms with Gasteiger partial charge in [-0.3, -0.25) is 0 Å². The molecule has 3 rings (SSSR count). The van der Waals surface area contributed by atoms with Gasteiger partial charge in [0.1, 0.15) is 5.75 Å². The molecule has 96 valence electrons. The monoisotopic (exact) mass is 244 g/mol. The van der Waals surface area contributed by atoms with Crippen molar-refractivity contribution in [2.45, 2.75) is 39.3 Å². The quantitative estimate of drug-likeness (QED) is 0.867. The van der Waals surface area contributed by atoms with Gasteiger partial charge in [0.25, 0.3) is 0 Å². The number of hydrogen-bond acceptors (Lipinski definition) is 2. The van der Waals surface area contributed by atoms with Crippen LogP contribution in [0.4, 0.5) is 0 Å². The van der Waals surface area contributed by atoms with Gasteiger partial charge in [-0.05, 0) is 49.9 Å². The summed E-state index contributed by atoms with van der Waals surface area (Å²) in [4.78, 5) is 3.51. The van der Waals surface area contributed by atoms with Crippen LogP contribution in [-0.4, -0.2) is 18.1 Å². The molecule has 0 amide bonds. The van der Waals surface area contributed by atoms with E-state index in [2.05, 4.69) is 36.3 Å². The number of H-pyrrole nitrogens is 1. The number of benzene rings is 1. The molecule has 3 heteroatoms. The molecule has 1 fully saturated rings.